The lowest BCUT2D eigenvalue weighted by molar-refractivity contribution is -0.379. The van der Waals surface area contributed by atoms with Crippen LogP contribution in [0.1, 0.15) is 56.2 Å². The molecule has 0 spiro atoms. The first kappa shape index (κ1) is 48.8. The highest BCUT2D eigenvalue weighted by molar-refractivity contribution is 6.21. The van der Waals surface area contributed by atoms with Crippen molar-refractivity contribution in [1.82, 2.24) is 4.90 Å². The van der Waals surface area contributed by atoms with E-state index >= 15 is 0 Å². The molecule has 15 nitrogen and oxygen atoms in total. The molecule has 72 heavy (non-hydrogen) atoms. The van der Waals surface area contributed by atoms with Gasteiger partial charge >= 0.3 is 5.97 Å². The van der Waals surface area contributed by atoms with Crippen LogP contribution in [0.2, 0.25) is 0 Å². The fraction of sp³-hybridized carbons (Fsp3) is 0.316. The maximum Gasteiger partial charge on any atom is 0.303 e. The minimum Gasteiger partial charge on any atom is -0.497 e. The van der Waals surface area contributed by atoms with Crippen LogP contribution in [0, 0.1) is 0 Å². The molecule has 6 aromatic rings. The van der Waals surface area contributed by atoms with Crippen molar-refractivity contribution in [3.05, 3.63) is 203 Å². The van der Waals surface area contributed by atoms with Crippen molar-refractivity contribution < 1.29 is 66.5 Å². The van der Waals surface area contributed by atoms with Gasteiger partial charge in [-0.2, -0.15) is 0 Å². The number of carbonyl (C=O) groups excluding carboxylic acids is 3. The number of methoxy groups -OCH3 is 1. The highest BCUT2D eigenvalue weighted by Crippen LogP contribution is 2.42. The van der Waals surface area contributed by atoms with E-state index in [9.17, 15) is 14.4 Å². The van der Waals surface area contributed by atoms with E-state index in [1.54, 1.807) is 55.6 Å². The lowest BCUT2D eigenvalue weighted by Gasteiger charge is -2.52. The van der Waals surface area contributed by atoms with Gasteiger partial charge in [-0.3, -0.25) is 19.3 Å². The molecule has 10 rings (SSSR count). The minimum absolute atomic E-state index is 0.00550. The second-order valence-corrected chi connectivity index (χ2v) is 17.8. The molecule has 4 aliphatic rings. The quantitative estimate of drug-likeness (QED) is 0.0603. The predicted octanol–water partition coefficient (Wildman–Crippen LogP) is 8.01. The van der Waals surface area contributed by atoms with Crippen molar-refractivity contribution in [2.24, 2.45) is 0 Å². The van der Waals surface area contributed by atoms with Crippen LogP contribution in [0.15, 0.2) is 170 Å². The Morgan fingerprint density at radius 1 is 0.583 bits per heavy atom. The van der Waals surface area contributed by atoms with Crippen LogP contribution >= 0.6 is 0 Å². The highest BCUT2D eigenvalue weighted by atomic mass is 16.8. The molecule has 4 heterocycles. The molecule has 11 unspecified atom stereocenters. The number of ether oxygens (including phenoxy) is 11. The number of esters is 1. The standard InChI is InChI=1S/C57H55NO14/c1-36(59)67-52-51(65-33-39-21-11-5-12-22-39)48(64-32-38-19-9-4-10-20-38)45(34-63-31-37-17-7-3-8-18-37)70-57(52)72-50-47(58-53(60)43-25-15-16-26-44(43)54(58)61)56(68-42-29-27-41(62-2)28-30-42)69-46-35-66-55(71-49(46)50)40-23-13-6-14-24-40/h3-30,45-52,55-57H,31-35H2,1-2H3. The molecule has 0 saturated carbocycles. The number of amides is 2. The van der Waals surface area contributed by atoms with Crippen molar-refractivity contribution in [3.8, 4) is 11.5 Å². The Labute approximate surface area is 417 Å². The molecule has 2 amide bonds. The minimum atomic E-state index is -1.47. The van der Waals surface area contributed by atoms with Gasteiger partial charge in [-0.15, -0.1) is 0 Å². The number of rotatable bonds is 18. The second kappa shape index (κ2) is 22.7. The van der Waals surface area contributed by atoms with Gasteiger partial charge in [0.05, 0.1) is 51.3 Å². The molecule has 4 aliphatic heterocycles. The summed E-state index contributed by atoms with van der Waals surface area (Å²) >= 11 is 0. The number of nitrogens with zero attached hydrogens (tertiary/aromatic N) is 1. The number of benzene rings is 6. The van der Waals surface area contributed by atoms with Gasteiger partial charge in [0.1, 0.15) is 54.2 Å². The molecule has 6 aromatic carbocycles. The normalized spacial score (nSPS) is 26.9. The predicted molar refractivity (Wildman–Crippen MR) is 258 cm³/mol. The summed E-state index contributed by atoms with van der Waals surface area (Å²) in [5.74, 6) is -0.931. The lowest BCUT2D eigenvalue weighted by atomic mass is 9.93. The zero-order valence-electron chi connectivity index (χ0n) is 39.7. The molecule has 3 fully saturated rings. The van der Waals surface area contributed by atoms with Crippen LogP contribution in [0.25, 0.3) is 0 Å². The zero-order chi connectivity index (χ0) is 49.4. The summed E-state index contributed by atoms with van der Waals surface area (Å²) in [6, 6.07) is 50.3. The Kier molecular flexibility index (Phi) is 15.4. The van der Waals surface area contributed by atoms with Crippen LogP contribution in [0.5, 0.6) is 11.5 Å². The van der Waals surface area contributed by atoms with Crippen LogP contribution in [-0.4, -0.2) is 104 Å². The highest BCUT2D eigenvalue weighted by Gasteiger charge is 2.60. The lowest BCUT2D eigenvalue weighted by Crippen LogP contribution is -2.71. The summed E-state index contributed by atoms with van der Waals surface area (Å²) in [4.78, 5) is 44.1. The van der Waals surface area contributed by atoms with Gasteiger partial charge in [0.2, 0.25) is 6.29 Å². The summed E-state index contributed by atoms with van der Waals surface area (Å²) in [5, 5.41) is 0. The Hall–Kier alpha value is -6.79. The van der Waals surface area contributed by atoms with E-state index in [0.717, 1.165) is 21.6 Å². The average Bonchev–Trinajstić information content (AvgIpc) is 3.67. The van der Waals surface area contributed by atoms with Gasteiger partial charge in [-0.1, -0.05) is 133 Å². The maximum absolute atomic E-state index is 14.8. The van der Waals surface area contributed by atoms with Gasteiger partial charge in [0.25, 0.3) is 11.8 Å². The van der Waals surface area contributed by atoms with Gasteiger partial charge in [-0.05, 0) is 53.1 Å². The SMILES string of the molecule is COc1ccc(OC2OC3COC(c4ccccc4)OC3C(OC3OC(COCc4ccccc4)C(OCc4ccccc4)C(OCc4ccccc4)C3OC(C)=O)C2N2C(=O)c3ccccc3C2=O)cc1. The first-order chi connectivity index (χ1) is 35.3. The average molecular weight is 978 g/mol. The topological polar surface area (TPSA) is 156 Å². The largest absolute Gasteiger partial charge is 0.497 e. The van der Waals surface area contributed by atoms with E-state index in [0.29, 0.717) is 17.1 Å². The number of carbonyl (C=O) groups is 3. The van der Waals surface area contributed by atoms with Crippen LogP contribution in [0.4, 0.5) is 0 Å². The third kappa shape index (κ3) is 11.0. The monoisotopic (exact) mass is 977 g/mol. The summed E-state index contributed by atoms with van der Waals surface area (Å²) in [6.45, 7) is 1.75. The van der Waals surface area contributed by atoms with E-state index in [1.807, 2.05) is 121 Å². The van der Waals surface area contributed by atoms with Gasteiger partial charge in [0.15, 0.2) is 18.7 Å². The summed E-state index contributed by atoms with van der Waals surface area (Å²) < 4.78 is 72.7. The molecule has 15 heteroatoms. The molecule has 0 radical (unpaired) electrons. The molecule has 11 atom stereocenters. The second-order valence-electron chi connectivity index (χ2n) is 17.8. The smallest absolute Gasteiger partial charge is 0.303 e. The number of hydrogen-bond acceptors (Lipinski definition) is 14. The fourth-order valence-electron chi connectivity index (χ4n) is 9.52. The molecule has 0 aromatic heterocycles. The molecular formula is C57H55NO14. The third-order valence-electron chi connectivity index (χ3n) is 13.0. The molecule has 0 bridgehead atoms. The van der Waals surface area contributed by atoms with Crippen molar-refractivity contribution in [2.45, 2.75) is 94.4 Å². The van der Waals surface area contributed by atoms with Crippen molar-refractivity contribution in [1.29, 1.82) is 0 Å². The van der Waals surface area contributed by atoms with Crippen LogP contribution in [0.3, 0.4) is 0 Å². The first-order valence-electron chi connectivity index (χ1n) is 24.0. The molecule has 372 valence electrons. The van der Waals surface area contributed by atoms with Crippen molar-refractivity contribution >= 4 is 17.8 Å². The molecular weight excluding hydrogens is 923 g/mol. The first-order valence-corrected chi connectivity index (χ1v) is 24.0. The Balaban J connectivity index is 1.08. The van der Waals surface area contributed by atoms with E-state index in [2.05, 4.69) is 0 Å². The van der Waals surface area contributed by atoms with Crippen molar-refractivity contribution in [3.63, 3.8) is 0 Å². The zero-order valence-corrected chi connectivity index (χ0v) is 39.7. The summed E-state index contributed by atoms with van der Waals surface area (Å²) in [6.07, 6.45) is -11.2. The van der Waals surface area contributed by atoms with E-state index in [4.69, 9.17) is 52.1 Å². The molecule has 0 aliphatic carbocycles. The third-order valence-corrected chi connectivity index (χ3v) is 13.0. The Bertz CT molecular complexity index is 2700. The summed E-state index contributed by atoms with van der Waals surface area (Å²) in [7, 11) is 1.55. The molecule has 0 N–H and O–H groups in total. The number of imide groups is 1. The van der Waals surface area contributed by atoms with Gasteiger partial charge < -0.3 is 52.1 Å². The van der Waals surface area contributed by atoms with Crippen LogP contribution in [-0.2, 0) is 67.2 Å². The summed E-state index contributed by atoms with van der Waals surface area (Å²) in [5.41, 5.74) is 3.75. The Morgan fingerprint density at radius 3 is 1.71 bits per heavy atom. The number of hydrogen-bond donors (Lipinski definition) is 0. The van der Waals surface area contributed by atoms with Crippen molar-refractivity contribution in [2.75, 3.05) is 20.3 Å². The number of fused-ring (bicyclic) bond motifs is 2. The maximum atomic E-state index is 14.8. The fourth-order valence-corrected chi connectivity index (χ4v) is 9.52. The Morgan fingerprint density at radius 2 is 1.12 bits per heavy atom. The van der Waals surface area contributed by atoms with Gasteiger partial charge in [0, 0.05) is 12.5 Å². The van der Waals surface area contributed by atoms with Gasteiger partial charge in [-0.25, -0.2) is 0 Å². The van der Waals surface area contributed by atoms with Crippen LogP contribution < -0.4 is 9.47 Å². The van der Waals surface area contributed by atoms with E-state index in [1.165, 1.54) is 6.92 Å². The van der Waals surface area contributed by atoms with E-state index in [-0.39, 0.29) is 44.2 Å². The van der Waals surface area contributed by atoms with E-state index < -0.39 is 85.4 Å². The molecule has 3 saturated heterocycles.